The summed E-state index contributed by atoms with van der Waals surface area (Å²) in [6.07, 6.45) is -1.36. The number of nitrogens with zero attached hydrogens (tertiary/aromatic N) is 2. The first-order valence-corrected chi connectivity index (χ1v) is 6.75. The van der Waals surface area contributed by atoms with E-state index in [0.717, 1.165) is 5.56 Å². The van der Waals surface area contributed by atoms with E-state index in [9.17, 15) is 18.0 Å². The van der Waals surface area contributed by atoms with Crippen molar-refractivity contribution in [1.82, 2.24) is 15.3 Å². The van der Waals surface area contributed by atoms with Crippen LogP contribution in [0.25, 0.3) is 0 Å². The molecule has 23 heavy (non-hydrogen) atoms. The number of hydrogen-bond acceptors (Lipinski definition) is 4. The van der Waals surface area contributed by atoms with Crippen molar-refractivity contribution in [3.8, 4) is 5.75 Å². The van der Waals surface area contributed by atoms with Gasteiger partial charge < -0.3 is 10.1 Å². The number of aryl methyl sites for hydroxylation is 1. The molecule has 0 fully saturated rings. The predicted octanol–water partition coefficient (Wildman–Crippen LogP) is 2.66. The van der Waals surface area contributed by atoms with Gasteiger partial charge in [-0.15, -0.1) is 13.2 Å². The molecule has 1 aromatic heterocycles. The second kappa shape index (κ2) is 7.08. The van der Waals surface area contributed by atoms with Crippen molar-refractivity contribution in [1.29, 1.82) is 0 Å². The minimum Gasteiger partial charge on any atom is -0.406 e. The van der Waals surface area contributed by atoms with E-state index in [1.165, 1.54) is 36.7 Å². The van der Waals surface area contributed by atoms with Crippen LogP contribution in [-0.2, 0) is 6.42 Å². The maximum atomic E-state index is 12.0. The van der Waals surface area contributed by atoms with Crippen molar-refractivity contribution in [2.45, 2.75) is 19.7 Å². The molecule has 0 atom stereocenters. The van der Waals surface area contributed by atoms with Gasteiger partial charge >= 0.3 is 6.36 Å². The van der Waals surface area contributed by atoms with Crippen molar-refractivity contribution >= 4 is 5.91 Å². The van der Waals surface area contributed by atoms with Crippen LogP contribution in [0.5, 0.6) is 5.75 Å². The summed E-state index contributed by atoms with van der Waals surface area (Å²) in [5, 5.41) is 2.67. The molecule has 5 nitrogen and oxygen atoms in total. The summed E-state index contributed by atoms with van der Waals surface area (Å²) >= 11 is 0. The Kier molecular flexibility index (Phi) is 5.15. The lowest BCUT2D eigenvalue weighted by Gasteiger charge is -2.09. The van der Waals surface area contributed by atoms with Crippen LogP contribution in [0.1, 0.15) is 21.7 Å². The van der Waals surface area contributed by atoms with Crippen LogP contribution in [0.4, 0.5) is 13.2 Å². The topological polar surface area (TPSA) is 64.1 Å². The zero-order valence-corrected chi connectivity index (χ0v) is 12.2. The number of nitrogens with one attached hydrogen (secondary N) is 1. The molecule has 0 aliphatic carbocycles. The van der Waals surface area contributed by atoms with Gasteiger partial charge in [0.15, 0.2) is 0 Å². The maximum Gasteiger partial charge on any atom is 0.573 e. The Hall–Kier alpha value is -2.64. The third-order valence-corrected chi connectivity index (χ3v) is 2.87. The Morgan fingerprint density at radius 2 is 1.87 bits per heavy atom. The molecule has 0 bridgehead atoms. The van der Waals surface area contributed by atoms with Gasteiger partial charge in [0.05, 0.1) is 11.9 Å². The fourth-order valence-corrected chi connectivity index (χ4v) is 1.78. The van der Waals surface area contributed by atoms with Crippen LogP contribution in [0.15, 0.2) is 36.7 Å². The summed E-state index contributed by atoms with van der Waals surface area (Å²) in [4.78, 5) is 19.7. The van der Waals surface area contributed by atoms with E-state index in [0.29, 0.717) is 18.7 Å². The number of rotatable bonds is 5. The molecule has 1 aromatic carbocycles. The largest absolute Gasteiger partial charge is 0.573 e. The number of hydrogen-bond donors (Lipinski definition) is 1. The van der Waals surface area contributed by atoms with E-state index in [1.807, 2.05) is 0 Å². The van der Waals surface area contributed by atoms with Crippen LogP contribution in [0.3, 0.4) is 0 Å². The number of ether oxygens (including phenoxy) is 1. The fourth-order valence-electron chi connectivity index (χ4n) is 1.78. The standard InChI is InChI=1S/C15H14F3N3O2/c1-10-8-21-13(9-20-10)14(22)19-7-6-11-2-4-12(5-3-11)23-15(16,17)18/h2-5,8-9H,6-7H2,1H3,(H,19,22). The van der Waals surface area contributed by atoms with Crippen LogP contribution in [-0.4, -0.2) is 28.8 Å². The quantitative estimate of drug-likeness (QED) is 0.918. The molecule has 0 radical (unpaired) electrons. The monoisotopic (exact) mass is 325 g/mol. The summed E-state index contributed by atoms with van der Waals surface area (Å²) in [6, 6.07) is 5.49. The van der Waals surface area contributed by atoms with Gasteiger partial charge in [0.2, 0.25) is 0 Å². The van der Waals surface area contributed by atoms with E-state index in [4.69, 9.17) is 0 Å². The Balaban J connectivity index is 1.82. The molecule has 0 aliphatic rings. The van der Waals surface area contributed by atoms with E-state index in [1.54, 1.807) is 6.92 Å². The van der Waals surface area contributed by atoms with Crippen LogP contribution >= 0.6 is 0 Å². The molecule has 8 heteroatoms. The third kappa shape index (κ3) is 5.57. The number of amides is 1. The van der Waals surface area contributed by atoms with Crippen molar-refractivity contribution < 1.29 is 22.7 Å². The zero-order chi connectivity index (χ0) is 16.9. The maximum absolute atomic E-state index is 12.0. The molecule has 1 amide bonds. The van der Waals surface area contributed by atoms with Crippen molar-refractivity contribution in [3.63, 3.8) is 0 Å². The Labute approximate surface area is 130 Å². The van der Waals surface area contributed by atoms with E-state index in [2.05, 4.69) is 20.0 Å². The van der Waals surface area contributed by atoms with Gasteiger partial charge in [0, 0.05) is 12.7 Å². The van der Waals surface area contributed by atoms with Gasteiger partial charge in [-0.3, -0.25) is 9.78 Å². The smallest absolute Gasteiger partial charge is 0.406 e. The first-order chi connectivity index (χ1) is 10.8. The highest BCUT2D eigenvalue weighted by Crippen LogP contribution is 2.22. The summed E-state index contributed by atoms with van der Waals surface area (Å²) in [7, 11) is 0. The van der Waals surface area contributed by atoms with Gasteiger partial charge in [-0.1, -0.05) is 12.1 Å². The molecule has 2 aromatic rings. The second-order valence-electron chi connectivity index (χ2n) is 4.74. The van der Waals surface area contributed by atoms with E-state index < -0.39 is 6.36 Å². The lowest BCUT2D eigenvalue weighted by molar-refractivity contribution is -0.274. The van der Waals surface area contributed by atoms with Crippen molar-refractivity contribution in [2.24, 2.45) is 0 Å². The molecular weight excluding hydrogens is 311 g/mol. The summed E-state index contributed by atoms with van der Waals surface area (Å²) in [6.45, 7) is 2.09. The number of alkyl halides is 3. The normalized spacial score (nSPS) is 11.1. The van der Waals surface area contributed by atoms with Gasteiger partial charge in [-0.05, 0) is 31.0 Å². The van der Waals surface area contributed by atoms with Gasteiger partial charge in [0.25, 0.3) is 5.91 Å². The Morgan fingerprint density at radius 1 is 1.17 bits per heavy atom. The summed E-state index contributed by atoms with van der Waals surface area (Å²) < 4.78 is 39.9. The fraction of sp³-hybridized carbons (Fsp3) is 0.267. The molecule has 0 spiro atoms. The minimum atomic E-state index is -4.70. The number of carbonyl (C=O) groups excluding carboxylic acids is 1. The first-order valence-electron chi connectivity index (χ1n) is 6.75. The predicted molar refractivity (Wildman–Crippen MR) is 75.9 cm³/mol. The summed E-state index contributed by atoms with van der Waals surface area (Å²) in [5.74, 6) is -0.630. The average Bonchev–Trinajstić information content (AvgIpc) is 2.48. The highest BCUT2D eigenvalue weighted by Gasteiger charge is 2.30. The molecule has 0 saturated heterocycles. The highest BCUT2D eigenvalue weighted by molar-refractivity contribution is 5.91. The Morgan fingerprint density at radius 3 is 2.43 bits per heavy atom. The van der Waals surface area contributed by atoms with Crippen molar-refractivity contribution in [3.05, 3.63) is 53.6 Å². The molecule has 0 unspecified atom stereocenters. The van der Waals surface area contributed by atoms with Crippen molar-refractivity contribution in [2.75, 3.05) is 6.54 Å². The Bertz CT molecular complexity index is 655. The molecule has 2 rings (SSSR count). The number of halogens is 3. The number of benzene rings is 1. The zero-order valence-electron chi connectivity index (χ0n) is 12.2. The third-order valence-electron chi connectivity index (χ3n) is 2.87. The second-order valence-corrected chi connectivity index (χ2v) is 4.74. The SMILES string of the molecule is Cc1cnc(C(=O)NCCc2ccc(OC(F)(F)F)cc2)cn1. The van der Waals surface area contributed by atoms with Crippen LogP contribution < -0.4 is 10.1 Å². The average molecular weight is 325 g/mol. The molecule has 0 aliphatic heterocycles. The number of carbonyl (C=O) groups is 1. The van der Waals surface area contributed by atoms with Gasteiger partial charge in [-0.2, -0.15) is 0 Å². The highest BCUT2D eigenvalue weighted by atomic mass is 19.4. The summed E-state index contributed by atoms with van der Waals surface area (Å²) in [5.41, 5.74) is 1.70. The van der Waals surface area contributed by atoms with E-state index in [-0.39, 0.29) is 17.4 Å². The molecular formula is C15H14F3N3O2. The molecule has 122 valence electrons. The van der Waals surface area contributed by atoms with E-state index >= 15 is 0 Å². The first kappa shape index (κ1) is 16.7. The molecule has 0 saturated carbocycles. The van der Waals surface area contributed by atoms with Crippen LogP contribution in [0, 0.1) is 6.92 Å². The lowest BCUT2D eigenvalue weighted by Crippen LogP contribution is -2.26. The van der Waals surface area contributed by atoms with Gasteiger partial charge in [0.1, 0.15) is 11.4 Å². The molecule has 1 N–H and O–H groups in total. The number of aromatic nitrogens is 2. The van der Waals surface area contributed by atoms with Gasteiger partial charge in [-0.25, -0.2) is 4.98 Å². The van der Waals surface area contributed by atoms with Crippen LogP contribution in [0.2, 0.25) is 0 Å². The minimum absolute atomic E-state index is 0.213. The molecule has 1 heterocycles. The lowest BCUT2D eigenvalue weighted by atomic mass is 10.1.